The monoisotopic (exact) mass is 246 g/mol. The van der Waals surface area contributed by atoms with Gasteiger partial charge in [0.2, 0.25) is 0 Å². The highest BCUT2D eigenvalue weighted by atomic mass is 16.3. The highest BCUT2D eigenvalue weighted by Crippen LogP contribution is 2.17. The fraction of sp³-hybridized carbons (Fsp3) is 0. The van der Waals surface area contributed by atoms with Crippen LogP contribution >= 0.6 is 0 Å². The first-order chi connectivity index (χ1) is 9.42. The summed E-state index contributed by atoms with van der Waals surface area (Å²) in [5.74, 6) is 0. The van der Waals surface area contributed by atoms with Crippen LogP contribution in [0.1, 0.15) is 0 Å². The number of hydrogen-bond acceptors (Lipinski definition) is 1. The lowest BCUT2D eigenvalue weighted by Crippen LogP contribution is -1.73. The minimum atomic E-state index is 0.968. The van der Waals surface area contributed by atoms with Gasteiger partial charge in [-0.15, -0.1) is 0 Å². The molecule has 0 spiro atoms. The van der Waals surface area contributed by atoms with Gasteiger partial charge in [-0.2, -0.15) is 0 Å². The maximum Gasteiger partial charge on any atom is 0.127 e. The molecule has 0 saturated carbocycles. The standard InChI is InChI=1S/C12H10.C6H4O/c1-3-7-11(8-4-1)12-9-5-2-6-10-12;1-2-6-4-3-5(1)7-6/h1-10H;1-4H. The topological polar surface area (TPSA) is 13.1 Å². The summed E-state index contributed by atoms with van der Waals surface area (Å²) in [6.07, 6.45) is 0. The number of hydrogen-bond donors (Lipinski definition) is 0. The second-order valence-electron chi connectivity index (χ2n) is 4.31. The summed E-state index contributed by atoms with van der Waals surface area (Å²) < 4.78 is 5.08. The van der Waals surface area contributed by atoms with Gasteiger partial charge in [-0.3, -0.25) is 0 Å². The molecule has 0 radical (unpaired) electrons. The highest BCUT2D eigenvalue weighted by Gasteiger charge is 1.92. The van der Waals surface area contributed by atoms with Gasteiger partial charge in [-0.25, -0.2) is 0 Å². The lowest BCUT2D eigenvalue weighted by Gasteiger charge is -1.98. The van der Waals surface area contributed by atoms with Gasteiger partial charge < -0.3 is 4.42 Å². The number of fused-ring (bicyclic) bond motifs is 2. The van der Waals surface area contributed by atoms with E-state index in [0.717, 1.165) is 11.2 Å². The maximum atomic E-state index is 5.08. The van der Waals surface area contributed by atoms with Crippen molar-refractivity contribution in [1.82, 2.24) is 0 Å². The summed E-state index contributed by atoms with van der Waals surface area (Å²) >= 11 is 0. The van der Waals surface area contributed by atoms with E-state index in [-0.39, 0.29) is 0 Å². The molecule has 0 unspecified atom stereocenters. The second-order valence-corrected chi connectivity index (χ2v) is 4.31. The molecule has 0 aliphatic heterocycles. The average Bonchev–Trinajstić information content (AvgIpc) is 3.15. The normalized spacial score (nSPS) is 10.1. The third kappa shape index (κ3) is 2.83. The van der Waals surface area contributed by atoms with Gasteiger partial charge in [0.05, 0.1) is 0 Å². The highest BCUT2D eigenvalue weighted by molar-refractivity contribution is 5.62. The summed E-state index contributed by atoms with van der Waals surface area (Å²) in [6.45, 7) is 0. The van der Waals surface area contributed by atoms with Gasteiger partial charge in [0.15, 0.2) is 0 Å². The van der Waals surface area contributed by atoms with Crippen LogP contribution in [0.4, 0.5) is 0 Å². The molecule has 2 aromatic heterocycles. The van der Waals surface area contributed by atoms with Crippen LogP contribution in [0, 0.1) is 0 Å². The van der Waals surface area contributed by atoms with Crippen molar-refractivity contribution in [1.29, 1.82) is 0 Å². The quantitative estimate of drug-likeness (QED) is 0.448. The van der Waals surface area contributed by atoms with Crippen LogP contribution in [0.5, 0.6) is 0 Å². The van der Waals surface area contributed by atoms with E-state index in [2.05, 4.69) is 48.5 Å². The maximum absolute atomic E-state index is 5.08. The number of rotatable bonds is 1. The first-order valence-corrected chi connectivity index (χ1v) is 6.30. The lowest BCUT2D eigenvalue weighted by atomic mass is 10.1. The first-order valence-electron chi connectivity index (χ1n) is 6.30. The van der Waals surface area contributed by atoms with Crippen molar-refractivity contribution in [2.45, 2.75) is 0 Å². The minimum Gasteiger partial charge on any atom is -0.457 e. The summed E-state index contributed by atoms with van der Waals surface area (Å²) in [5, 5.41) is 0. The molecule has 2 aromatic carbocycles. The molecule has 0 atom stereocenters. The Hall–Kier alpha value is -2.54. The Morgan fingerprint density at radius 3 is 1.05 bits per heavy atom. The molecular formula is C18H14O. The Kier molecular flexibility index (Phi) is 3.28. The SMILES string of the molecule is c1cc2ccc1o2.c1ccc(-c2ccccc2)cc1. The van der Waals surface area contributed by atoms with Crippen molar-refractivity contribution >= 4 is 11.2 Å². The molecule has 4 rings (SSSR count). The van der Waals surface area contributed by atoms with Crippen LogP contribution in [0.15, 0.2) is 89.3 Å². The molecule has 1 heteroatoms. The van der Waals surface area contributed by atoms with Gasteiger partial charge in [-0.05, 0) is 35.4 Å². The Morgan fingerprint density at radius 2 is 0.789 bits per heavy atom. The summed E-state index contributed by atoms with van der Waals surface area (Å²) in [4.78, 5) is 0. The predicted molar refractivity (Wildman–Crippen MR) is 79.3 cm³/mol. The Morgan fingerprint density at radius 1 is 0.421 bits per heavy atom. The van der Waals surface area contributed by atoms with Crippen LogP contribution in [-0.2, 0) is 0 Å². The largest absolute Gasteiger partial charge is 0.457 e. The number of benzene rings is 3. The zero-order valence-corrected chi connectivity index (χ0v) is 10.5. The van der Waals surface area contributed by atoms with Crippen molar-refractivity contribution in [3.8, 4) is 11.1 Å². The molecule has 92 valence electrons. The molecular weight excluding hydrogens is 232 g/mol. The van der Waals surface area contributed by atoms with Gasteiger partial charge in [0, 0.05) is 0 Å². The zero-order chi connectivity index (χ0) is 12.9. The molecule has 0 fully saturated rings. The Bertz CT molecular complexity index is 628. The van der Waals surface area contributed by atoms with E-state index in [4.69, 9.17) is 4.42 Å². The van der Waals surface area contributed by atoms with E-state index in [0.29, 0.717) is 0 Å². The van der Waals surface area contributed by atoms with E-state index in [1.54, 1.807) is 0 Å². The third-order valence-electron chi connectivity index (χ3n) is 2.94. The molecule has 0 amide bonds. The summed E-state index contributed by atoms with van der Waals surface area (Å²) in [5.41, 5.74) is 4.49. The van der Waals surface area contributed by atoms with Crippen molar-refractivity contribution in [3.05, 3.63) is 84.9 Å². The second kappa shape index (κ2) is 5.40. The van der Waals surface area contributed by atoms with E-state index >= 15 is 0 Å². The van der Waals surface area contributed by atoms with Gasteiger partial charge in [0.25, 0.3) is 0 Å². The van der Waals surface area contributed by atoms with E-state index < -0.39 is 0 Å². The van der Waals surface area contributed by atoms with Crippen LogP contribution in [0.3, 0.4) is 0 Å². The summed E-state index contributed by atoms with van der Waals surface area (Å²) in [7, 11) is 0. The molecule has 0 aliphatic carbocycles. The van der Waals surface area contributed by atoms with Gasteiger partial charge >= 0.3 is 0 Å². The Balaban J connectivity index is 0.000000132. The smallest absolute Gasteiger partial charge is 0.127 e. The fourth-order valence-electron chi connectivity index (χ4n) is 1.97. The fourth-order valence-corrected chi connectivity index (χ4v) is 1.97. The van der Waals surface area contributed by atoms with Gasteiger partial charge in [0.1, 0.15) is 11.2 Å². The summed E-state index contributed by atoms with van der Waals surface area (Å²) in [6, 6.07) is 28.6. The third-order valence-corrected chi connectivity index (χ3v) is 2.94. The minimum absolute atomic E-state index is 0.968. The molecule has 0 aliphatic rings. The molecule has 2 bridgehead atoms. The van der Waals surface area contributed by atoms with Crippen molar-refractivity contribution in [2.24, 2.45) is 0 Å². The van der Waals surface area contributed by atoms with E-state index in [9.17, 15) is 0 Å². The van der Waals surface area contributed by atoms with Crippen LogP contribution in [-0.4, -0.2) is 0 Å². The lowest BCUT2D eigenvalue weighted by molar-refractivity contribution is 0.675. The van der Waals surface area contributed by atoms with E-state index in [1.807, 2.05) is 36.4 Å². The van der Waals surface area contributed by atoms with Crippen LogP contribution in [0.2, 0.25) is 0 Å². The Labute approximate surface area is 112 Å². The van der Waals surface area contributed by atoms with Crippen LogP contribution in [0.25, 0.3) is 22.3 Å². The van der Waals surface area contributed by atoms with Gasteiger partial charge in [-0.1, -0.05) is 60.7 Å². The van der Waals surface area contributed by atoms with Crippen molar-refractivity contribution < 1.29 is 4.42 Å². The van der Waals surface area contributed by atoms with Crippen molar-refractivity contribution in [2.75, 3.05) is 0 Å². The van der Waals surface area contributed by atoms with Crippen LogP contribution < -0.4 is 0 Å². The predicted octanol–water partition coefficient (Wildman–Crippen LogP) is 5.22. The zero-order valence-electron chi connectivity index (χ0n) is 10.5. The van der Waals surface area contributed by atoms with E-state index in [1.165, 1.54) is 11.1 Å². The molecule has 19 heavy (non-hydrogen) atoms. The molecule has 4 aromatic rings. The average molecular weight is 246 g/mol. The molecule has 0 N–H and O–H groups in total. The molecule has 0 saturated heterocycles. The molecule has 2 heterocycles. The number of furan rings is 2. The molecule has 1 nitrogen and oxygen atoms in total. The first kappa shape index (κ1) is 11.5. The van der Waals surface area contributed by atoms with Crippen molar-refractivity contribution in [3.63, 3.8) is 0 Å².